The highest BCUT2D eigenvalue weighted by Crippen LogP contribution is 2.16. The van der Waals surface area contributed by atoms with Crippen LogP contribution in [0, 0.1) is 24.2 Å². The molecule has 3 N–H and O–H groups in total. The molecule has 0 fully saturated rings. The number of carbonyl (C=O) groups is 1. The predicted molar refractivity (Wildman–Crippen MR) is 104 cm³/mol. The minimum Gasteiger partial charge on any atom is -0.497 e. The van der Waals surface area contributed by atoms with Crippen molar-refractivity contribution in [1.29, 1.82) is 0 Å². The van der Waals surface area contributed by atoms with E-state index in [-0.39, 0.29) is 19.1 Å². The zero-order valence-electron chi connectivity index (χ0n) is 15.4. The van der Waals surface area contributed by atoms with Gasteiger partial charge in [-0.1, -0.05) is 17.9 Å². The van der Waals surface area contributed by atoms with E-state index in [1.165, 1.54) is 0 Å². The van der Waals surface area contributed by atoms with Crippen molar-refractivity contribution >= 4 is 11.7 Å². The van der Waals surface area contributed by atoms with Gasteiger partial charge in [-0.15, -0.1) is 6.42 Å². The standard InChI is InChI=1S/C20H22N4O3/c1-4-11-22-20(26)18-19(21-12-6-13-25)23-17(24(18)2)10-9-15-7-5-8-16(14-15)27-3/h1,5,7-8,14,21,25H,6,11-13H2,2-3H3,(H,22,26). The number of carbonyl (C=O) groups excluding carboxylic acids is 1. The zero-order valence-corrected chi connectivity index (χ0v) is 15.4. The van der Waals surface area contributed by atoms with Crippen LogP contribution < -0.4 is 15.4 Å². The molecule has 2 aromatic rings. The number of hydrogen-bond acceptors (Lipinski definition) is 5. The van der Waals surface area contributed by atoms with Crippen molar-refractivity contribution in [3.8, 4) is 29.9 Å². The van der Waals surface area contributed by atoms with Gasteiger partial charge in [0.15, 0.2) is 17.3 Å². The summed E-state index contributed by atoms with van der Waals surface area (Å²) in [6.07, 6.45) is 5.74. The summed E-state index contributed by atoms with van der Waals surface area (Å²) in [6.45, 7) is 0.636. The molecule has 0 bridgehead atoms. The average molecular weight is 366 g/mol. The van der Waals surface area contributed by atoms with Gasteiger partial charge in [0.25, 0.3) is 5.91 Å². The Morgan fingerprint density at radius 3 is 2.93 bits per heavy atom. The predicted octanol–water partition coefficient (Wildman–Crippen LogP) is 0.986. The molecule has 0 aliphatic heterocycles. The maximum atomic E-state index is 12.4. The topological polar surface area (TPSA) is 88.4 Å². The smallest absolute Gasteiger partial charge is 0.272 e. The minimum absolute atomic E-state index is 0.0426. The number of anilines is 1. The molecular formula is C20H22N4O3. The monoisotopic (exact) mass is 366 g/mol. The number of aromatic nitrogens is 2. The van der Waals surface area contributed by atoms with E-state index in [4.69, 9.17) is 16.3 Å². The highest BCUT2D eigenvalue weighted by molar-refractivity contribution is 5.97. The summed E-state index contributed by atoms with van der Waals surface area (Å²) in [5.41, 5.74) is 1.10. The van der Waals surface area contributed by atoms with E-state index in [9.17, 15) is 4.79 Å². The molecule has 0 saturated heterocycles. The van der Waals surface area contributed by atoms with Crippen molar-refractivity contribution in [2.75, 3.05) is 32.1 Å². The first-order valence-corrected chi connectivity index (χ1v) is 8.40. The Balaban J connectivity index is 2.35. The first kappa shape index (κ1) is 19.9. The van der Waals surface area contributed by atoms with Crippen LogP contribution in [0.1, 0.15) is 28.3 Å². The lowest BCUT2D eigenvalue weighted by Crippen LogP contribution is -2.27. The molecule has 0 aliphatic carbocycles. The summed E-state index contributed by atoms with van der Waals surface area (Å²) in [5, 5.41) is 14.6. The van der Waals surface area contributed by atoms with Gasteiger partial charge >= 0.3 is 0 Å². The van der Waals surface area contributed by atoms with E-state index in [2.05, 4.69) is 33.4 Å². The summed E-state index contributed by atoms with van der Waals surface area (Å²) < 4.78 is 6.80. The SMILES string of the molecule is C#CCNC(=O)c1c(NCCCO)nc(C#Cc2cccc(OC)c2)n1C. The number of imidazole rings is 1. The number of aliphatic hydroxyl groups is 1. The number of aliphatic hydroxyl groups excluding tert-OH is 1. The number of rotatable bonds is 7. The Labute approximate surface area is 158 Å². The van der Waals surface area contributed by atoms with Crippen molar-refractivity contribution in [2.24, 2.45) is 7.05 Å². The van der Waals surface area contributed by atoms with Gasteiger partial charge < -0.3 is 25.0 Å². The molecule has 0 unspecified atom stereocenters. The molecule has 0 aliphatic rings. The second-order valence-electron chi connectivity index (χ2n) is 5.56. The van der Waals surface area contributed by atoms with Crippen molar-refractivity contribution in [3.05, 3.63) is 41.3 Å². The molecule has 1 heterocycles. The molecule has 2 rings (SSSR count). The fourth-order valence-electron chi connectivity index (χ4n) is 2.32. The van der Waals surface area contributed by atoms with Gasteiger partial charge in [-0.3, -0.25) is 4.79 Å². The quantitative estimate of drug-likeness (QED) is 0.502. The Morgan fingerprint density at radius 2 is 2.22 bits per heavy atom. The van der Waals surface area contributed by atoms with Crippen molar-refractivity contribution in [3.63, 3.8) is 0 Å². The molecule has 1 aromatic carbocycles. The molecule has 0 atom stereocenters. The number of amides is 1. The van der Waals surface area contributed by atoms with Crippen LogP contribution >= 0.6 is 0 Å². The average Bonchev–Trinajstić information content (AvgIpc) is 3.00. The van der Waals surface area contributed by atoms with Crippen molar-refractivity contribution in [2.45, 2.75) is 6.42 Å². The second-order valence-corrected chi connectivity index (χ2v) is 5.56. The van der Waals surface area contributed by atoms with Crippen LogP contribution in [0.4, 0.5) is 5.82 Å². The van der Waals surface area contributed by atoms with Crippen LogP contribution in [0.3, 0.4) is 0 Å². The van der Waals surface area contributed by atoms with E-state index < -0.39 is 0 Å². The Morgan fingerprint density at radius 1 is 1.41 bits per heavy atom. The number of terminal acetylenes is 1. The normalized spacial score (nSPS) is 9.70. The third-order valence-electron chi connectivity index (χ3n) is 3.68. The Hall–Kier alpha value is -3.42. The minimum atomic E-state index is -0.344. The number of ether oxygens (including phenoxy) is 1. The number of nitrogens with one attached hydrogen (secondary N) is 2. The lowest BCUT2D eigenvalue weighted by molar-refractivity contribution is 0.0951. The molecule has 0 saturated carbocycles. The Bertz CT molecular complexity index is 900. The number of methoxy groups -OCH3 is 1. The lowest BCUT2D eigenvalue weighted by atomic mass is 10.2. The fourth-order valence-corrected chi connectivity index (χ4v) is 2.32. The van der Waals surface area contributed by atoms with E-state index in [1.54, 1.807) is 18.7 Å². The third kappa shape index (κ3) is 5.27. The third-order valence-corrected chi connectivity index (χ3v) is 3.68. The fraction of sp³-hybridized carbons (Fsp3) is 0.300. The van der Waals surface area contributed by atoms with Crippen LogP contribution in [-0.2, 0) is 7.05 Å². The number of benzene rings is 1. The van der Waals surface area contributed by atoms with Crippen LogP contribution in [0.25, 0.3) is 0 Å². The molecular weight excluding hydrogens is 344 g/mol. The van der Waals surface area contributed by atoms with Gasteiger partial charge in [0.2, 0.25) is 0 Å². The van der Waals surface area contributed by atoms with Crippen molar-refractivity contribution in [1.82, 2.24) is 14.9 Å². The maximum Gasteiger partial charge on any atom is 0.272 e. The summed E-state index contributed by atoms with van der Waals surface area (Å²) in [7, 11) is 3.31. The first-order valence-electron chi connectivity index (χ1n) is 8.40. The van der Waals surface area contributed by atoms with E-state index in [0.29, 0.717) is 36.1 Å². The van der Waals surface area contributed by atoms with Gasteiger partial charge in [0.05, 0.1) is 13.7 Å². The van der Waals surface area contributed by atoms with Gasteiger partial charge in [0.1, 0.15) is 5.75 Å². The molecule has 7 nitrogen and oxygen atoms in total. The molecule has 0 spiro atoms. The molecule has 1 amide bonds. The van der Waals surface area contributed by atoms with Gasteiger partial charge in [0, 0.05) is 25.8 Å². The molecule has 1 aromatic heterocycles. The Kier molecular flexibility index (Phi) is 7.30. The highest BCUT2D eigenvalue weighted by atomic mass is 16.5. The second kappa shape index (κ2) is 9.91. The summed E-state index contributed by atoms with van der Waals surface area (Å²) in [5.74, 6) is 9.56. The van der Waals surface area contributed by atoms with Crippen LogP contribution in [0.15, 0.2) is 24.3 Å². The number of nitrogens with zero attached hydrogens (tertiary/aromatic N) is 2. The number of hydrogen-bond donors (Lipinski definition) is 3. The lowest BCUT2D eigenvalue weighted by Gasteiger charge is -2.07. The van der Waals surface area contributed by atoms with Crippen molar-refractivity contribution < 1.29 is 14.6 Å². The highest BCUT2D eigenvalue weighted by Gasteiger charge is 2.20. The van der Waals surface area contributed by atoms with E-state index >= 15 is 0 Å². The summed E-state index contributed by atoms with van der Waals surface area (Å²) in [6, 6.07) is 7.36. The molecule has 140 valence electrons. The first-order chi connectivity index (χ1) is 13.1. The summed E-state index contributed by atoms with van der Waals surface area (Å²) >= 11 is 0. The van der Waals surface area contributed by atoms with Gasteiger partial charge in [-0.05, 0) is 30.5 Å². The van der Waals surface area contributed by atoms with Gasteiger partial charge in [-0.25, -0.2) is 4.98 Å². The van der Waals surface area contributed by atoms with Crippen LogP contribution in [-0.4, -0.2) is 47.4 Å². The van der Waals surface area contributed by atoms with E-state index in [1.807, 2.05) is 24.3 Å². The maximum absolute atomic E-state index is 12.4. The zero-order chi connectivity index (χ0) is 19.6. The molecule has 0 radical (unpaired) electrons. The molecule has 27 heavy (non-hydrogen) atoms. The largest absolute Gasteiger partial charge is 0.497 e. The van der Waals surface area contributed by atoms with E-state index in [0.717, 1.165) is 5.56 Å². The molecule has 7 heteroatoms. The van der Waals surface area contributed by atoms with Crippen LogP contribution in [0.2, 0.25) is 0 Å². The van der Waals surface area contributed by atoms with Gasteiger partial charge in [-0.2, -0.15) is 0 Å². The summed E-state index contributed by atoms with van der Waals surface area (Å²) in [4.78, 5) is 16.8. The van der Waals surface area contributed by atoms with Crippen LogP contribution in [0.5, 0.6) is 5.75 Å².